The minimum Gasteiger partial charge on any atom is -0.469 e. The van der Waals surface area contributed by atoms with Crippen molar-refractivity contribution in [2.45, 2.75) is 38.5 Å². The van der Waals surface area contributed by atoms with Crippen LogP contribution >= 0.6 is 0 Å². The molecule has 0 amide bonds. The molecule has 7 saturated carbocycles. The van der Waals surface area contributed by atoms with Crippen LogP contribution < -0.4 is 0 Å². The van der Waals surface area contributed by atoms with E-state index >= 15 is 0 Å². The summed E-state index contributed by atoms with van der Waals surface area (Å²) in [6.07, 6.45) is 6.93. The average Bonchev–Trinajstić information content (AvgIpc) is 3.57. The summed E-state index contributed by atoms with van der Waals surface area (Å²) in [6.45, 7) is 0. The third-order valence-corrected chi connectivity index (χ3v) is 12.0. The Labute approximate surface area is 184 Å². The van der Waals surface area contributed by atoms with Crippen LogP contribution in [0.15, 0.2) is 30.3 Å². The van der Waals surface area contributed by atoms with Crippen LogP contribution in [-0.2, 0) is 20.7 Å². The van der Waals surface area contributed by atoms with Gasteiger partial charge in [0.25, 0.3) is 0 Å². The van der Waals surface area contributed by atoms with Crippen LogP contribution in [0.25, 0.3) is 0 Å². The number of fused-ring (bicyclic) bond motifs is 5. The first kappa shape index (κ1) is 17.9. The predicted molar refractivity (Wildman–Crippen MR) is 115 cm³/mol. The molecule has 13 atom stereocenters. The molecule has 7 aliphatic carbocycles. The number of methoxy groups -OCH3 is 1. The molecule has 0 aromatic heterocycles. The van der Waals surface area contributed by atoms with Crippen molar-refractivity contribution >= 4 is 11.8 Å². The highest BCUT2D eigenvalue weighted by Crippen LogP contribution is 2.85. The van der Waals surface area contributed by atoms with Crippen LogP contribution in [0, 0.1) is 76.4 Å². The second-order valence-corrected chi connectivity index (χ2v) is 12.2. The summed E-state index contributed by atoms with van der Waals surface area (Å²) < 4.78 is 5.73. The monoisotopic (exact) mass is 416 g/mol. The first-order valence-electron chi connectivity index (χ1n) is 12.8. The molecule has 0 N–H and O–H groups in total. The van der Waals surface area contributed by atoms with Gasteiger partial charge in [0, 0.05) is 11.8 Å². The van der Waals surface area contributed by atoms with E-state index in [0.717, 1.165) is 19.3 Å². The van der Waals surface area contributed by atoms with E-state index in [4.69, 9.17) is 4.74 Å². The molecule has 1 aromatic rings. The van der Waals surface area contributed by atoms with Gasteiger partial charge >= 0.3 is 5.97 Å². The first-order valence-corrected chi connectivity index (χ1v) is 12.8. The Morgan fingerprint density at radius 3 is 2.45 bits per heavy atom. The van der Waals surface area contributed by atoms with Crippen molar-refractivity contribution in [1.29, 1.82) is 0 Å². The van der Waals surface area contributed by atoms with E-state index in [1.165, 1.54) is 24.8 Å². The zero-order valence-corrected chi connectivity index (χ0v) is 18.3. The Morgan fingerprint density at radius 1 is 0.903 bits per heavy atom. The second-order valence-electron chi connectivity index (χ2n) is 12.2. The molecule has 0 bridgehead atoms. The third kappa shape index (κ3) is 1.74. The van der Waals surface area contributed by atoms with Gasteiger partial charge in [-0.15, -0.1) is 0 Å². The number of esters is 1. The molecule has 0 aliphatic heterocycles. The molecule has 7 aliphatic rings. The van der Waals surface area contributed by atoms with Gasteiger partial charge in [-0.2, -0.15) is 0 Å². The lowest BCUT2D eigenvalue weighted by Gasteiger charge is -2.42. The van der Waals surface area contributed by atoms with Gasteiger partial charge in [-0.05, 0) is 96.8 Å². The number of ether oxygens (including phenoxy) is 1. The molecule has 0 heterocycles. The minimum absolute atomic E-state index is 0.0818. The lowest BCUT2D eigenvalue weighted by molar-refractivity contribution is -0.162. The SMILES string of the molecule is COC(=O)[C@]1(Cc2ccccc2)[C@@H]2[C@@H]3CC[C@H]4C(=O)[C@@H]5[C@@H]([C@@H]2[C@H]2[C@@H]5[C@H]5CCC[C@H]5[C@H]21)[C@@H]34. The Kier molecular flexibility index (Phi) is 3.25. The van der Waals surface area contributed by atoms with Crippen LogP contribution in [0.3, 0.4) is 0 Å². The number of hydrogen-bond donors (Lipinski definition) is 0. The zero-order chi connectivity index (χ0) is 20.6. The zero-order valence-electron chi connectivity index (χ0n) is 18.3. The number of carbonyl (C=O) groups excluding carboxylic acids is 2. The van der Waals surface area contributed by atoms with E-state index in [1.54, 1.807) is 7.11 Å². The van der Waals surface area contributed by atoms with Gasteiger partial charge in [-0.3, -0.25) is 9.59 Å². The van der Waals surface area contributed by atoms with E-state index in [9.17, 15) is 9.59 Å². The summed E-state index contributed by atoms with van der Waals surface area (Å²) >= 11 is 0. The molecule has 1 aromatic carbocycles. The highest BCUT2D eigenvalue weighted by Gasteiger charge is 2.85. The van der Waals surface area contributed by atoms with E-state index in [2.05, 4.69) is 30.3 Å². The number of Topliss-reactive ketones (excluding diaryl/α,β-unsaturated/α-hetero) is 1. The smallest absolute Gasteiger partial charge is 0.312 e. The number of ketones is 1. The minimum atomic E-state index is -0.370. The maximum Gasteiger partial charge on any atom is 0.312 e. The van der Waals surface area contributed by atoms with E-state index < -0.39 is 0 Å². The molecule has 0 saturated heterocycles. The molecular weight excluding hydrogens is 384 g/mol. The van der Waals surface area contributed by atoms with E-state index in [0.29, 0.717) is 76.8 Å². The fourth-order valence-corrected chi connectivity index (χ4v) is 12.1. The summed E-state index contributed by atoms with van der Waals surface area (Å²) in [5, 5.41) is 0. The third-order valence-electron chi connectivity index (χ3n) is 12.0. The fraction of sp³-hybridized carbons (Fsp3) is 0.714. The van der Waals surface area contributed by atoms with Crippen LogP contribution in [0.5, 0.6) is 0 Å². The molecule has 0 unspecified atom stereocenters. The Hall–Kier alpha value is -1.64. The summed E-state index contributed by atoms with van der Waals surface area (Å²) in [7, 11) is 1.63. The standard InChI is InChI=1S/C28H32O3/c1-31-27(30)28(12-13-6-3-2-4-7-13)24-15-9-5-8-14(15)19-21(24)22-20-18-16(25(22)28)10-11-17(18)26(29)23(19)20/h2-4,6-7,14-25H,5,8-12H2,1H3/t14-,15+,16+,17+,18-,19-,20+,21+,22+,23-,24+,25+,28-/m0/s1. The Bertz CT molecular complexity index is 977. The van der Waals surface area contributed by atoms with Crippen molar-refractivity contribution in [3.63, 3.8) is 0 Å². The average molecular weight is 417 g/mol. The molecule has 162 valence electrons. The highest BCUT2D eigenvalue weighted by atomic mass is 16.5. The summed E-state index contributed by atoms with van der Waals surface area (Å²) in [4.78, 5) is 27.6. The molecule has 3 heteroatoms. The molecule has 0 radical (unpaired) electrons. The second kappa shape index (κ2) is 5.64. The molecule has 0 spiro atoms. The van der Waals surface area contributed by atoms with E-state index in [1.807, 2.05) is 0 Å². The molecular formula is C28H32O3. The number of benzene rings is 1. The lowest BCUT2D eigenvalue weighted by atomic mass is 9.60. The molecule has 3 nitrogen and oxygen atoms in total. The lowest BCUT2D eigenvalue weighted by Crippen LogP contribution is -2.48. The Balaban J connectivity index is 1.37. The van der Waals surface area contributed by atoms with Gasteiger partial charge in [0.2, 0.25) is 0 Å². The van der Waals surface area contributed by atoms with Gasteiger partial charge in [0.15, 0.2) is 0 Å². The van der Waals surface area contributed by atoms with Crippen LogP contribution in [0.4, 0.5) is 0 Å². The van der Waals surface area contributed by atoms with Gasteiger partial charge < -0.3 is 4.74 Å². The van der Waals surface area contributed by atoms with Crippen molar-refractivity contribution in [1.82, 2.24) is 0 Å². The Morgan fingerprint density at radius 2 is 1.65 bits per heavy atom. The predicted octanol–water partition coefficient (Wildman–Crippen LogP) is 4.40. The highest BCUT2D eigenvalue weighted by molar-refractivity contribution is 5.89. The van der Waals surface area contributed by atoms with Crippen molar-refractivity contribution in [2.24, 2.45) is 76.4 Å². The van der Waals surface area contributed by atoms with Crippen LogP contribution in [0.1, 0.15) is 37.7 Å². The number of rotatable bonds is 3. The van der Waals surface area contributed by atoms with Gasteiger partial charge in [-0.25, -0.2) is 0 Å². The maximum atomic E-state index is 14.0. The molecule has 7 fully saturated rings. The largest absolute Gasteiger partial charge is 0.469 e. The van der Waals surface area contributed by atoms with Gasteiger partial charge in [-0.1, -0.05) is 36.8 Å². The number of hydrogen-bond acceptors (Lipinski definition) is 3. The number of carbonyl (C=O) groups is 2. The van der Waals surface area contributed by atoms with Crippen molar-refractivity contribution in [3.05, 3.63) is 35.9 Å². The maximum absolute atomic E-state index is 14.0. The summed E-state index contributed by atoms with van der Waals surface area (Å²) in [6, 6.07) is 10.8. The summed E-state index contributed by atoms with van der Waals surface area (Å²) in [5.41, 5.74) is 0.927. The van der Waals surface area contributed by atoms with Gasteiger partial charge in [0.1, 0.15) is 5.78 Å². The summed E-state index contributed by atoms with van der Waals surface area (Å²) in [5.74, 6) is 7.15. The molecule has 31 heavy (non-hydrogen) atoms. The molecule has 8 rings (SSSR count). The van der Waals surface area contributed by atoms with Crippen molar-refractivity contribution < 1.29 is 14.3 Å². The first-order chi connectivity index (χ1) is 15.2. The quantitative estimate of drug-likeness (QED) is 0.686. The van der Waals surface area contributed by atoms with E-state index in [-0.39, 0.29) is 11.4 Å². The van der Waals surface area contributed by atoms with Crippen LogP contribution in [-0.4, -0.2) is 18.9 Å². The normalized spacial score (nSPS) is 56.4. The van der Waals surface area contributed by atoms with Crippen molar-refractivity contribution in [2.75, 3.05) is 7.11 Å². The van der Waals surface area contributed by atoms with Crippen molar-refractivity contribution in [3.8, 4) is 0 Å². The van der Waals surface area contributed by atoms with Gasteiger partial charge in [0.05, 0.1) is 12.5 Å². The van der Waals surface area contributed by atoms with Crippen LogP contribution in [0.2, 0.25) is 0 Å². The fourth-order valence-electron chi connectivity index (χ4n) is 12.1. The topological polar surface area (TPSA) is 43.4 Å².